The van der Waals surface area contributed by atoms with Gasteiger partial charge in [-0.1, -0.05) is 32.1 Å². The summed E-state index contributed by atoms with van der Waals surface area (Å²) in [5.74, 6) is 2.66. The van der Waals surface area contributed by atoms with E-state index in [4.69, 9.17) is 4.74 Å². The summed E-state index contributed by atoms with van der Waals surface area (Å²) < 4.78 is 5.44. The number of nitrogens with one attached hydrogen (secondary N) is 1. The van der Waals surface area contributed by atoms with Gasteiger partial charge >= 0.3 is 0 Å². The first-order valence-electron chi connectivity index (χ1n) is 10.3. The Hall–Kier alpha value is -0.610. The van der Waals surface area contributed by atoms with Crippen molar-refractivity contribution in [2.45, 2.75) is 69.7 Å². The van der Waals surface area contributed by atoms with Crippen molar-refractivity contribution in [2.75, 3.05) is 26.4 Å². The zero-order chi connectivity index (χ0) is 16.2. The second-order valence-electron chi connectivity index (χ2n) is 9.65. The molecule has 3 saturated carbocycles. The predicted molar refractivity (Wildman–Crippen MR) is 92.3 cm³/mol. The third-order valence-electron chi connectivity index (χ3n) is 7.97. The molecule has 0 bridgehead atoms. The van der Waals surface area contributed by atoms with Gasteiger partial charge in [-0.05, 0) is 43.9 Å². The minimum Gasteiger partial charge on any atom is -0.364 e. The van der Waals surface area contributed by atoms with Crippen LogP contribution >= 0.6 is 0 Å². The lowest BCUT2D eigenvalue weighted by Crippen LogP contribution is -2.63. The van der Waals surface area contributed by atoms with Gasteiger partial charge in [-0.2, -0.15) is 0 Å². The van der Waals surface area contributed by atoms with Gasteiger partial charge in [0.15, 0.2) is 0 Å². The van der Waals surface area contributed by atoms with Crippen molar-refractivity contribution in [2.24, 2.45) is 23.2 Å². The monoisotopic (exact) mass is 332 g/mol. The number of amides is 1. The highest BCUT2D eigenvalue weighted by molar-refractivity contribution is 5.81. The quantitative estimate of drug-likeness (QED) is 0.845. The Kier molecular flexibility index (Phi) is 3.71. The van der Waals surface area contributed by atoms with Crippen molar-refractivity contribution >= 4 is 5.91 Å². The fraction of sp³-hybridized carbons (Fsp3) is 0.950. The van der Waals surface area contributed by atoms with E-state index in [1.807, 2.05) is 0 Å². The molecule has 2 aliphatic heterocycles. The molecule has 0 unspecified atom stereocenters. The Morgan fingerprint density at radius 2 is 1.79 bits per heavy atom. The number of carbonyl (C=O) groups excluding carboxylic acids is 1. The maximum atomic E-state index is 12.7. The first-order valence-corrected chi connectivity index (χ1v) is 10.3. The standard InChI is InChI=1S/C20H32N2O2/c23-18(17-9-20(10-17)13-24-14-21-20)22-11-19(12-22)7-6-16(8-19)15-4-2-1-3-5-15/h15-17,21H,1-14H2/t16-,17?,20?/m1/s1. The van der Waals surface area contributed by atoms with Gasteiger partial charge in [0.2, 0.25) is 5.91 Å². The van der Waals surface area contributed by atoms with Crippen molar-refractivity contribution in [3.63, 3.8) is 0 Å². The van der Waals surface area contributed by atoms with E-state index < -0.39 is 0 Å². The zero-order valence-electron chi connectivity index (χ0n) is 14.9. The average Bonchev–Trinajstić information content (AvgIpc) is 3.20. The predicted octanol–water partition coefficient (Wildman–Crippen LogP) is 2.92. The van der Waals surface area contributed by atoms with Gasteiger partial charge < -0.3 is 9.64 Å². The van der Waals surface area contributed by atoms with E-state index >= 15 is 0 Å². The van der Waals surface area contributed by atoms with E-state index in [0.29, 0.717) is 18.1 Å². The van der Waals surface area contributed by atoms with Gasteiger partial charge in [-0.3, -0.25) is 10.1 Å². The fourth-order valence-corrected chi connectivity index (χ4v) is 6.55. The molecular formula is C20H32N2O2. The number of ether oxygens (including phenoxy) is 1. The first-order chi connectivity index (χ1) is 11.7. The summed E-state index contributed by atoms with van der Waals surface area (Å²) in [6, 6.07) is 0. The highest BCUT2D eigenvalue weighted by Gasteiger charge is 2.55. The van der Waals surface area contributed by atoms with Gasteiger partial charge in [0, 0.05) is 30.0 Å². The minimum atomic E-state index is 0.141. The van der Waals surface area contributed by atoms with Crippen LogP contribution in [0.3, 0.4) is 0 Å². The lowest BCUT2D eigenvalue weighted by atomic mass is 9.67. The normalized spacial score (nSPS) is 41.6. The van der Waals surface area contributed by atoms with Crippen LogP contribution in [0.15, 0.2) is 0 Å². The molecule has 3 aliphatic carbocycles. The third-order valence-corrected chi connectivity index (χ3v) is 7.97. The van der Waals surface area contributed by atoms with Crippen LogP contribution in [-0.2, 0) is 9.53 Å². The molecule has 2 spiro atoms. The van der Waals surface area contributed by atoms with Crippen molar-refractivity contribution < 1.29 is 9.53 Å². The Bertz CT molecular complexity index is 494. The van der Waals surface area contributed by atoms with Gasteiger partial charge in [0.25, 0.3) is 0 Å². The summed E-state index contributed by atoms with van der Waals surface area (Å²) in [4.78, 5) is 14.9. The lowest BCUT2D eigenvalue weighted by molar-refractivity contribution is -0.153. The SMILES string of the molecule is O=C(C1CC2(COCN2)C1)N1CC2(CC[C@@H](C3CCCCC3)C2)C1. The van der Waals surface area contributed by atoms with Gasteiger partial charge in [0.05, 0.1) is 13.3 Å². The van der Waals surface area contributed by atoms with Crippen LogP contribution in [0, 0.1) is 23.2 Å². The smallest absolute Gasteiger partial charge is 0.225 e. The molecule has 2 saturated heterocycles. The molecule has 0 aromatic heterocycles. The number of likely N-dealkylation sites (tertiary alicyclic amines) is 1. The number of carbonyl (C=O) groups is 1. The number of hydrogen-bond acceptors (Lipinski definition) is 3. The summed E-state index contributed by atoms with van der Waals surface area (Å²) in [6.45, 7) is 3.57. The molecule has 1 atom stereocenters. The van der Waals surface area contributed by atoms with E-state index in [2.05, 4.69) is 10.2 Å². The second kappa shape index (κ2) is 5.70. The molecule has 5 fully saturated rings. The van der Waals surface area contributed by atoms with E-state index in [-0.39, 0.29) is 11.5 Å². The Morgan fingerprint density at radius 1 is 1.00 bits per heavy atom. The van der Waals surface area contributed by atoms with Crippen LogP contribution in [0.4, 0.5) is 0 Å². The molecule has 2 heterocycles. The molecule has 4 nitrogen and oxygen atoms in total. The maximum absolute atomic E-state index is 12.7. The topological polar surface area (TPSA) is 41.6 Å². The van der Waals surface area contributed by atoms with E-state index in [9.17, 15) is 4.79 Å². The molecule has 1 amide bonds. The van der Waals surface area contributed by atoms with Crippen LogP contribution in [0.25, 0.3) is 0 Å². The second-order valence-corrected chi connectivity index (χ2v) is 9.65. The lowest BCUT2D eigenvalue weighted by Gasteiger charge is -2.53. The highest BCUT2D eigenvalue weighted by atomic mass is 16.5. The van der Waals surface area contributed by atoms with Gasteiger partial charge in [-0.25, -0.2) is 0 Å². The summed E-state index contributed by atoms with van der Waals surface area (Å²) in [5.41, 5.74) is 0.649. The number of rotatable bonds is 2. The van der Waals surface area contributed by atoms with E-state index in [0.717, 1.165) is 44.4 Å². The third kappa shape index (κ3) is 2.52. The van der Waals surface area contributed by atoms with Crippen LogP contribution in [0.1, 0.15) is 64.2 Å². The molecule has 0 radical (unpaired) electrons. The fourth-order valence-electron chi connectivity index (χ4n) is 6.55. The van der Waals surface area contributed by atoms with Crippen molar-refractivity contribution in [1.29, 1.82) is 0 Å². The largest absolute Gasteiger partial charge is 0.364 e. The average molecular weight is 332 g/mol. The van der Waals surface area contributed by atoms with Crippen molar-refractivity contribution in [1.82, 2.24) is 10.2 Å². The summed E-state index contributed by atoms with van der Waals surface area (Å²) in [5, 5.41) is 3.43. The van der Waals surface area contributed by atoms with Gasteiger partial charge in [-0.15, -0.1) is 0 Å². The molecule has 1 N–H and O–H groups in total. The summed E-state index contributed by atoms with van der Waals surface area (Å²) >= 11 is 0. The molecule has 5 aliphatic rings. The van der Waals surface area contributed by atoms with Gasteiger partial charge in [0.1, 0.15) is 0 Å². The summed E-state index contributed by atoms with van der Waals surface area (Å²) in [6.07, 6.45) is 13.5. The minimum absolute atomic E-state index is 0.141. The molecule has 0 aromatic rings. The van der Waals surface area contributed by atoms with Crippen LogP contribution < -0.4 is 5.32 Å². The molecule has 0 aromatic carbocycles. The van der Waals surface area contributed by atoms with E-state index in [1.165, 1.54) is 51.4 Å². The first kappa shape index (κ1) is 15.6. The Morgan fingerprint density at radius 3 is 2.50 bits per heavy atom. The van der Waals surface area contributed by atoms with Crippen LogP contribution in [0.2, 0.25) is 0 Å². The highest BCUT2D eigenvalue weighted by Crippen LogP contribution is 2.53. The molecule has 4 heteroatoms. The number of hydrogen-bond donors (Lipinski definition) is 1. The molecule has 134 valence electrons. The van der Waals surface area contributed by atoms with Crippen molar-refractivity contribution in [3.05, 3.63) is 0 Å². The van der Waals surface area contributed by atoms with Crippen LogP contribution in [-0.4, -0.2) is 42.8 Å². The molecular weight excluding hydrogens is 300 g/mol. The zero-order valence-corrected chi connectivity index (χ0v) is 14.9. The van der Waals surface area contributed by atoms with Crippen LogP contribution in [0.5, 0.6) is 0 Å². The molecule has 5 rings (SSSR count). The van der Waals surface area contributed by atoms with Crippen molar-refractivity contribution in [3.8, 4) is 0 Å². The van der Waals surface area contributed by atoms with E-state index in [1.54, 1.807) is 0 Å². The summed E-state index contributed by atoms with van der Waals surface area (Å²) in [7, 11) is 0. The Balaban J connectivity index is 1.11. The molecule has 24 heavy (non-hydrogen) atoms. The maximum Gasteiger partial charge on any atom is 0.225 e. The Labute approximate surface area is 145 Å². The number of nitrogens with zero attached hydrogens (tertiary/aromatic N) is 1.